The molecule has 1 aliphatic rings. The van der Waals surface area contributed by atoms with Crippen molar-refractivity contribution in [3.05, 3.63) is 100 Å². The number of nitrogens with zero attached hydrogens (tertiary/aromatic N) is 2. The molecular weight excluding hydrogens is 445 g/mol. The van der Waals surface area contributed by atoms with E-state index in [1.165, 1.54) is 12.3 Å². The van der Waals surface area contributed by atoms with Crippen LogP contribution in [0.5, 0.6) is 0 Å². The first-order valence-corrected chi connectivity index (χ1v) is 11.6. The Morgan fingerprint density at radius 1 is 1.09 bits per heavy atom. The molecule has 1 fully saturated rings. The summed E-state index contributed by atoms with van der Waals surface area (Å²) in [5.74, 6) is -1.85. The molecule has 178 valence electrons. The van der Waals surface area contributed by atoms with Gasteiger partial charge in [-0.15, -0.1) is 0 Å². The highest BCUT2D eigenvalue weighted by atomic mass is 19.1. The number of pyridine rings is 1. The Morgan fingerprint density at radius 3 is 2.46 bits per heavy atom. The number of hydrogen-bond donors (Lipinski definition) is 2. The Balaban J connectivity index is 1.57. The average molecular weight is 472 g/mol. The number of aromatic carboxylic acids is 1. The fourth-order valence-electron chi connectivity index (χ4n) is 4.77. The van der Waals surface area contributed by atoms with Crippen molar-refractivity contribution in [1.29, 1.82) is 0 Å². The van der Waals surface area contributed by atoms with Gasteiger partial charge in [0.05, 0.1) is 11.2 Å². The standard InChI is InChI=1S/C28H26FN3O3/c1-30-21-11-12-31(16-21)26-14-25-22(13-24(26)29)27(33)23(28(34)35)17-32(25)15-18-7-9-20(10-8-18)19-5-3-2-4-6-19/h2-10,13-14,17,21,30H,11-12,15-16H2,1H3,(H,34,35)/t21-/m1/s1. The lowest BCUT2D eigenvalue weighted by Crippen LogP contribution is -2.30. The molecule has 3 aromatic carbocycles. The maximum Gasteiger partial charge on any atom is 0.341 e. The molecule has 0 unspecified atom stereocenters. The maximum absolute atomic E-state index is 15.1. The van der Waals surface area contributed by atoms with Crippen molar-refractivity contribution in [3.8, 4) is 11.1 Å². The van der Waals surface area contributed by atoms with Gasteiger partial charge in [-0.2, -0.15) is 0 Å². The lowest BCUT2D eigenvalue weighted by Gasteiger charge is -2.21. The minimum Gasteiger partial charge on any atom is -0.477 e. The summed E-state index contributed by atoms with van der Waals surface area (Å²) in [6.07, 6.45) is 2.26. The number of halogens is 1. The van der Waals surface area contributed by atoms with Gasteiger partial charge in [0.2, 0.25) is 5.43 Å². The van der Waals surface area contributed by atoms with Gasteiger partial charge in [-0.05, 0) is 42.3 Å². The number of rotatable bonds is 6. The molecule has 6 nitrogen and oxygen atoms in total. The van der Waals surface area contributed by atoms with Crippen LogP contribution < -0.4 is 15.6 Å². The number of nitrogens with one attached hydrogen (secondary N) is 1. The fourth-order valence-corrected chi connectivity index (χ4v) is 4.77. The van der Waals surface area contributed by atoms with E-state index in [4.69, 9.17) is 0 Å². The third-order valence-electron chi connectivity index (χ3n) is 6.73. The molecule has 0 spiro atoms. The first-order chi connectivity index (χ1) is 16.9. The summed E-state index contributed by atoms with van der Waals surface area (Å²) in [5.41, 5.74) is 3.00. The number of anilines is 1. The smallest absolute Gasteiger partial charge is 0.341 e. The third-order valence-corrected chi connectivity index (χ3v) is 6.73. The summed E-state index contributed by atoms with van der Waals surface area (Å²) in [6, 6.07) is 21.1. The van der Waals surface area contributed by atoms with E-state index in [2.05, 4.69) is 5.32 Å². The SMILES string of the molecule is CN[C@@H]1CCN(c2cc3c(cc2F)c(=O)c(C(=O)O)cn3Cc2ccc(-c3ccccc3)cc2)C1. The zero-order valence-corrected chi connectivity index (χ0v) is 19.4. The van der Waals surface area contributed by atoms with Crippen molar-refractivity contribution in [3.63, 3.8) is 0 Å². The van der Waals surface area contributed by atoms with Gasteiger partial charge in [0.15, 0.2) is 0 Å². The topological polar surface area (TPSA) is 74.6 Å². The molecule has 1 atom stereocenters. The van der Waals surface area contributed by atoms with Gasteiger partial charge in [-0.25, -0.2) is 9.18 Å². The molecule has 0 amide bonds. The molecule has 4 aromatic rings. The fraction of sp³-hybridized carbons (Fsp3) is 0.214. The van der Waals surface area contributed by atoms with Gasteiger partial charge in [0, 0.05) is 37.3 Å². The number of carboxylic acid groups (broad SMARTS) is 1. The van der Waals surface area contributed by atoms with Crippen molar-refractivity contribution < 1.29 is 14.3 Å². The summed E-state index contributed by atoms with van der Waals surface area (Å²) in [7, 11) is 1.89. The zero-order valence-electron chi connectivity index (χ0n) is 19.4. The molecular formula is C28H26FN3O3. The molecule has 0 saturated carbocycles. The van der Waals surface area contributed by atoms with E-state index >= 15 is 4.39 Å². The highest BCUT2D eigenvalue weighted by Gasteiger charge is 2.25. The normalized spacial score (nSPS) is 15.6. The Hall–Kier alpha value is -3.97. The van der Waals surface area contributed by atoms with E-state index in [0.717, 1.165) is 23.1 Å². The van der Waals surface area contributed by atoms with Gasteiger partial charge >= 0.3 is 5.97 Å². The Labute approximate surface area is 202 Å². The van der Waals surface area contributed by atoms with Crippen LogP contribution in [-0.4, -0.2) is 41.8 Å². The summed E-state index contributed by atoms with van der Waals surface area (Å²) in [6.45, 7) is 1.71. The molecule has 2 N–H and O–H groups in total. The summed E-state index contributed by atoms with van der Waals surface area (Å²) < 4.78 is 16.9. The average Bonchev–Trinajstić information content (AvgIpc) is 3.35. The monoisotopic (exact) mass is 471 g/mol. The first-order valence-electron chi connectivity index (χ1n) is 11.6. The number of carboxylic acids is 1. The molecule has 1 aliphatic heterocycles. The Bertz CT molecular complexity index is 1450. The molecule has 5 rings (SSSR count). The summed E-state index contributed by atoms with van der Waals surface area (Å²) in [4.78, 5) is 26.6. The third kappa shape index (κ3) is 4.42. The molecule has 2 heterocycles. The van der Waals surface area contributed by atoms with Gasteiger partial charge in [0.25, 0.3) is 0 Å². The number of carbonyl (C=O) groups is 1. The highest BCUT2D eigenvalue weighted by Crippen LogP contribution is 2.29. The number of fused-ring (bicyclic) bond motifs is 1. The molecule has 1 saturated heterocycles. The Morgan fingerprint density at radius 2 is 1.80 bits per heavy atom. The summed E-state index contributed by atoms with van der Waals surface area (Å²) >= 11 is 0. The molecule has 0 aliphatic carbocycles. The quantitative estimate of drug-likeness (QED) is 0.437. The van der Waals surface area contributed by atoms with E-state index in [1.54, 1.807) is 10.6 Å². The first kappa shape index (κ1) is 22.8. The number of likely N-dealkylation sites (N-methyl/N-ethyl adjacent to an activating group) is 1. The van der Waals surface area contributed by atoms with Crippen LogP contribution in [0.25, 0.3) is 22.0 Å². The molecule has 1 aromatic heterocycles. The highest BCUT2D eigenvalue weighted by molar-refractivity contribution is 5.93. The van der Waals surface area contributed by atoms with E-state index < -0.39 is 17.2 Å². The van der Waals surface area contributed by atoms with E-state index in [0.29, 0.717) is 30.8 Å². The van der Waals surface area contributed by atoms with E-state index in [-0.39, 0.29) is 17.0 Å². The number of hydrogen-bond acceptors (Lipinski definition) is 4. The van der Waals surface area contributed by atoms with Crippen molar-refractivity contribution in [2.75, 3.05) is 25.0 Å². The van der Waals surface area contributed by atoms with Crippen LogP contribution in [0.1, 0.15) is 22.3 Å². The van der Waals surface area contributed by atoms with Crippen LogP contribution in [0.15, 0.2) is 77.7 Å². The van der Waals surface area contributed by atoms with Gasteiger partial charge < -0.3 is 19.9 Å². The van der Waals surface area contributed by atoms with Crippen molar-refractivity contribution in [1.82, 2.24) is 9.88 Å². The predicted molar refractivity (Wildman–Crippen MR) is 136 cm³/mol. The second kappa shape index (κ2) is 9.35. The van der Waals surface area contributed by atoms with Crippen molar-refractivity contribution in [2.45, 2.75) is 19.0 Å². The maximum atomic E-state index is 15.1. The van der Waals surface area contributed by atoms with Gasteiger partial charge in [-0.1, -0.05) is 54.6 Å². The van der Waals surface area contributed by atoms with Crippen LogP contribution in [-0.2, 0) is 6.54 Å². The number of aromatic nitrogens is 1. The van der Waals surface area contributed by atoms with Gasteiger partial charge in [0.1, 0.15) is 11.4 Å². The van der Waals surface area contributed by atoms with Crippen LogP contribution in [0.4, 0.5) is 10.1 Å². The predicted octanol–water partition coefficient (Wildman–Crippen LogP) is 4.35. The van der Waals surface area contributed by atoms with Crippen LogP contribution in [0, 0.1) is 5.82 Å². The molecule has 0 radical (unpaired) electrons. The largest absolute Gasteiger partial charge is 0.477 e. The lowest BCUT2D eigenvalue weighted by atomic mass is 10.0. The number of benzene rings is 3. The van der Waals surface area contributed by atoms with Crippen LogP contribution in [0.3, 0.4) is 0 Å². The minimum atomic E-state index is -1.33. The lowest BCUT2D eigenvalue weighted by molar-refractivity contribution is 0.0695. The van der Waals surface area contributed by atoms with E-state index in [9.17, 15) is 14.7 Å². The van der Waals surface area contributed by atoms with Crippen molar-refractivity contribution >= 4 is 22.6 Å². The zero-order chi connectivity index (χ0) is 24.5. The van der Waals surface area contributed by atoms with Crippen LogP contribution in [0.2, 0.25) is 0 Å². The molecule has 0 bridgehead atoms. The minimum absolute atomic E-state index is 0.0661. The Kier molecular flexibility index (Phi) is 6.09. The second-order valence-electron chi connectivity index (χ2n) is 8.91. The summed E-state index contributed by atoms with van der Waals surface area (Å²) in [5, 5.41) is 12.9. The second-order valence-corrected chi connectivity index (χ2v) is 8.91. The molecule has 7 heteroatoms. The van der Waals surface area contributed by atoms with Gasteiger partial charge in [-0.3, -0.25) is 4.79 Å². The van der Waals surface area contributed by atoms with Crippen LogP contribution >= 0.6 is 0 Å². The van der Waals surface area contributed by atoms with E-state index in [1.807, 2.05) is 66.5 Å². The van der Waals surface area contributed by atoms with Crippen molar-refractivity contribution in [2.24, 2.45) is 0 Å². The molecule has 35 heavy (non-hydrogen) atoms.